The van der Waals surface area contributed by atoms with E-state index in [1.807, 2.05) is 50.1 Å². The highest BCUT2D eigenvalue weighted by Crippen LogP contribution is 2.27. The van der Waals surface area contributed by atoms with E-state index in [9.17, 15) is 24.6 Å². The molecule has 0 aromatic rings. The minimum absolute atomic E-state index is 0.135. The number of esters is 1. The van der Waals surface area contributed by atoms with Gasteiger partial charge >= 0.3 is 12.1 Å². The van der Waals surface area contributed by atoms with Gasteiger partial charge in [-0.25, -0.2) is 4.79 Å². The van der Waals surface area contributed by atoms with Gasteiger partial charge in [0, 0.05) is 51.6 Å². The first-order chi connectivity index (χ1) is 20.4. The van der Waals surface area contributed by atoms with Crippen molar-refractivity contribution in [2.75, 3.05) is 46.3 Å². The van der Waals surface area contributed by atoms with Crippen molar-refractivity contribution in [2.45, 2.75) is 96.6 Å². The Morgan fingerprint density at radius 2 is 1.81 bits per heavy atom. The van der Waals surface area contributed by atoms with Crippen molar-refractivity contribution in [3.63, 3.8) is 0 Å². The van der Waals surface area contributed by atoms with Gasteiger partial charge in [0.05, 0.1) is 12.5 Å². The van der Waals surface area contributed by atoms with Crippen molar-refractivity contribution in [3.05, 3.63) is 36.0 Å². The second-order valence-corrected chi connectivity index (χ2v) is 12.9. The molecule has 2 N–H and O–H groups in total. The summed E-state index contributed by atoms with van der Waals surface area (Å²) < 4.78 is 11.7. The molecule has 6 atom stereocenters. The predicted molar refractivity (Wildman–Crippen MR) is 165 cm³/mol. The lowest BCUT2D eigenvalue weighted by atomic mass is 9.88. The molecule has 1 unspecified atom stereocenters. The molecule has 3 rings (SSSR count). The molecule has 3 aliphatic rings. The van der Waals surface area contributed by atoms with Gasteiger partial charge in [-0.1, -0.05) is 38.2 Å². The number of piperazine rings is 1. The number of aliphatic hydroxyl groups is 2. The van der Waals surface area contributed by atoms with Gasteiger partial charge in [-0.2, -0.15) is 0 Å². The number of carbonyl (C=O) groups excluding carboxylic acids is 3. The number of carbonyl (C=O) groups is 3. The third-order valence-electron chi connectivity index (χ3n) is 8.83. The fourth-order valence-electron chi connectivity index (χ4n) is 5.69. The summed E-state index contributed by atoms with van der Waals surface area (Å²) in [6.45, 7) is 11.8. The number of hydrogen-bond donors (Lipinski definition) is 2. The molecule has 43 heavy (non-hydrogen) atoms. The number of amides is 2. The van der Waals surface area contributed by atoms with E-state index in [1.54, 1.807) is 17.9 Å². The zero-order chi connectivity index (χ0) is 31.6. The average molecular weight is 604 g/mol. The lowest BCUT2D eigenvalue weighted by molar-refractivity contribution is -0.151. The van der Waals surface area contributed by atoms with Crippen molar-refractivity contribution in [2.24, 2.45) is 11.8 Å². The van der Waals surface area contributed by atoms with E-state index in [0.717, 1.165) is 51.0 Å². The van der Waals surface area contributed by atoms with Crippen LogP contribution in [0.4, 0.5) is 4.79 Å². The fourth-order valence-corrected chi connectivity index (χ4v) is 5.69. The summed E-state index contributed by atoms with van der Waals surface area (Å²) >= 11 is 0. The molecule has 10 nitrogen and oxygen atoms in total. The van der Waals surface area contributed by atoms with Crippen LogP contribution in [0.15, 0.2) is 36.0 Å². The molecule has 0 bridgehead atoms. The second kappa shape index (κ2) is 16.4. The highest BCUT2D eigenvalue weighted by molar-refractivity contribution is 5.76. The van der Waals surface area contributed by atoms with E-state index in [4.69, 9.17) is 9.47 Å². The first-order valence-electron chi connectivity index (χ1n) is 15.9. The molecule has 0 saturated carbocycles. The van der Waals surface area contributed by atoms with Gasteiger partial charge in [-0.3, -0.25) is 9.59 Å². The Labute approximate surface area is 257 Å². The Hall–Kier alpha value is -2.69. The van der Waals surface area contributed by atoms with Gasteiger partial charge in [0.15, 0.2) is 6.10 Å². The van der Waals surface area contributed by atoms with E-state index in [1.165, 1.54) is 0 Å². The first-order valence-corrected chi connectivity index (χ1v) is 15.9. The molecule has 2 saturated heterocycles. The monoisotopic (exact) mass is 603 g/mol. The Bertz CT molecular complexity index is 1030. The maximum absolute atomic E-state index is 13.0. The molecule has 3 aliphatic heterocycles. The molecule has 0 aromatic heterocycles. The van der Waals surface area contributed by atoms with Crippen LogP contribution in [-0.2, 0) is 19.1 Å². The SMILES string of the molecule is C/C(=C\C=C\C(C)CCC(=O)N1CCCC1)[C@H]1OC(=O)C[C@@H](O)CC[C@](C)(O)[C@@H](OC(=O)N2CCN(C)CC2)/C=C/[C@@H]1C. The van der Waals surface area contributed by atoms with Crippen molar-refractivity contribution in [3.8, 4) is 0 Å². The highest BCUT2D eigenvalue weighted by Gasteiger charge is 2.36. The van der Waals surface area contributed by atoms with Crippen LogP contribution in [0.2, 0.25) is 0 Å². The number of cyclic esters (lactones) is 1. The molecule has 0 radical (unpaired) electrons. The van der Waals surface area contributed by atoms with Gasteiger partial charge in [-0.05, 0) is 70.6 Å². The summed E-state index contributed by atoms with van der Waals surface area (Å²) in [5.74, 6) is -0.387. The largest absolute Gasteiger partial charge is 0.457 e. The Morgan fingerprint density at radius 1 is 1.14 bits per heavy atom. The second-order valence-electron chi connectivity index (χ2n) is 12.9. The van der Waals surface area contributed by atoms with Crippen molar-refractivity contribution in [1.82, 2.24) is 14.7 Å². The summed E-state index contributed by atoms with van der Waals surface area (Å²) in [5, 5.41) is 21.9. The smallest absolute Gasteiger partial charge is 0.410 e. The van der Waals surface area contributed by atoms with Gasteiger partial charge in [-0.15, -0.1) is 0 Å². The van der Waals surface area contributed by atoms with Gasteiger partial charge < -0.3 is 34.4 Å². The molecule has 2 amide bonds. The van der Waals surface area contributed by atoms with E-state index < -0.39 is 36.0 Å². The van der Waals surface area contributed by atoms with Crippen LogP contribution in [0.5, 0.6) is 0 Å². The summed E-state index contributed by atoms with van der Waals surface area (Å²) in [6.07, 6.45) is 9.90. The summed E-state index contributed by atoms with van der Waals surface area (Å²) in [6, 6.07) is 0. The molecule has 10 heteroatoms. The lowest BCUT2D eigenvalue weighted by Gasteiger charge is -2.36. The Morgan fingerprint density at radius 3 is 2.49 bits per heavy atom. The quantitative estimate of drug-likeness (QED) is 0.257. The molecule has 0 aromatic carbocycles. The Kier molecular flexibility index (Phi) is 13.3. The maximum Gasteiger partial charge on any atom is 0.410 e. The topological polar surface area (TPSA) is 120 Å². The zero-order valence-corrected chi connectivity index (χ0v) is 26.7. The summed E-state index contributed by atoms with van der Waals surface area (Å²) in [5.41, 5.74) is -0.635. The van der Waals surface area contributed by atoms with Crippen molar-refractivity contribution < 1.29 is 34.1 Å². The van der Waals surface area contributed by atoms with Crippen LogP contribution in [0.1, 0.15) is 72.6 Å². The highest BCUT2D eigenvalue weighted by atomic mass is 16.6. The molecule has 242 valence electrons. The van der Waals surface area contributed by atoms with E-state index in [-0.39, 0.29) is 37.0 Å². The van der Waals surface area contributed by atoms with Crippen molar-refractivity contribution >= 4 is 18.0 Å². The van der Waals surface area contributed by atoms with Crippen LogP contribution in [0.25, 0.3) is 0 Å². The average Bonchev–Trinajstić information content (AvgIpc) is 3.50. The molecule has 0 spiro atoms. The number of rotatable bonds is 7. The predicted octanol–water partition coefficient (Wildman–Crippen LogP) is 3.68. The van der Waals surface area contributed by atoms with Gasteiger partial charge in [0.1, 0.15) is 11.7 Å². The minimum Gasteiger partial charge on any atom is -0.457 e. The van der Waals surface area contributed by atoms with E-state index in [0.29, 0.717) is 19.5 Å². The van der Waals surface area contributed by atoms with Gasteiger partial charge in [0.25, 0.3) is 0 Å². The number of likely N-dealkylation sites (N-methyl/N-ethyl adjacent to an activating group) is 1. The molecule has 3 heterocycles. The van der Waals surface area contributed by atoms with Crippen LogP contribution in [-0.4, -0.2) is 113 Å². The third kappa shape index (κ3) is 11.1. The minimum atomic E-state index is -1.45. The Balaban J connectivity index is 1.71. The lowest BCUT2D eigenvalue weighted by Crippen LogP contribution is -2.50. The molecular formula is C33H53N3O7. The summed E-state index contributed by atoms with van der Waals surface area (Å²) in [4.78, 5) is 43.9. The third-order valence-corrected chi connectivity index (χ3v) is 8.83. The number of likely N-dealkylation sites (tertiary alicyclic amines) is 1. The van der Waals surface area contributed by atoms with Crippen LogP contribution < -0.4 is 0 Å². The molecule has 2 fully saturated rings. The normalized spacial score (nSPS) is 31.7. The molecular weight excluding hydrogens is 550 g/mol. The van der Waals surface area contributed by atoms with E-state index >= 15 is 0 Å². The number of allylic oxidation sites excluding steroid dienone is 3. The number of ether oxygens (including phenoxy) is 2. The number of aliphatic hydroxyl groups excluding tert-OH is 1. The maximum atomic E-state index is 13.0. The zero-order valence-electron chi connectivity index (χ0n) is 26.7. The summed E-state index contributed by atoms with van der Waals surface area (Å²) in [7, 11) is 2.00. The number of nitrogens with zero attached hydrogens (tertiary/aromatic N) is 3. The van der Waals surface area contributed by atoms with Gasteiger partial charge in [0.2, 0.25) is 5.91 Å². The van der Waals surface area contributed by atoms with Crippen molar-refractivity contribution in [1.29, 1.82) is 0 Å². The molecule has 0 aliphatic carbocycles. The van der Waals surface area contributed by atoms with Crippen LogP contribution in [0.3, 0.4) is 0 Å². The fraction of sp³-hybridized carbons (Fsp3) is 0.727. The standard InChI is InChI=1S/C33H53N3O7/c1-24(11-14-29(38)35-17-6-7-18-35)9-8-10-25(2)31-26(3)12-13-28(42-32(40)36-21-19-34(5)20-22-36)33(4,41)16-15-27(37)23-30(39)43-31/h8-10,12-13,24,26-28,31,37,41H,6-7,11,14-23H2,1-5H3/b9-8+,13-12+,25-10+/t24?,26-,27-,28-,31+,33-/m0/s1. The van der Waals surface area contributed by atoms with E-state index in [2.05, 4.69) is 11.8 Å². The van der Waals surface area contributed by atoms with Crippen LogP contribution in [0, 0.1) is 11.8 Å². The first kappa shape index (κ1) is 34.8. The number of hydrogen-bond acceptors (Lipinski definition) is 8. The van der Waals surface area contributed by atoms with Crippen LogP contribution >= 0.6 is 0 Å².